The lowest BCUT2D eigenvalue weighted by atomic mass is 10.1. The molecule has 0 spiro atoms. The van der Waals surface area contributed by atoms with E-state index in [1.165, 1.54) is 0 Å². The van der Waals surface area contributed by atoms with E-state index in [0.717, 1.165) is 15.7 Å². The van der Waals surface area contributed by atoms with Crippen molar-refractivity contribution >= 4 is 21.8 Å². The number of rotatable bonds is 3. The average Bonchev–Trinajstić information content (AvgIpc) is 2.82. The van der Waals surface area contributed by atoms with Crippen molar-refractivity contribution in [2.24, 2.45) is 0 Å². The van der Waals surface area contributed by atoms with Crippen molar-refractivity contribution in [2.75, 3.05) is 0 Å². The minimum Gasteiger partial charge on any atom is -0.346 e. The lowest BCUT2D eigenvalue weighted by Gasteiger charge is -2.06. The summed E-state index contributed by atoms with van der Waals surface area (Å²) in [5.41, 5.74) is 2.58. The molecule has 17 heavy (non-hydrogen) atoms. The Bertz CT molecular complexity index is 523. The van der Waals surface area contributed by atoms with E-state index < -0.39 is 0 Å². The molecule has 0 bridgehead atoms. The van der Waals surface area contributed by atoms with Crippen molar-refractivity contribution < 1.29 is 4.79 Å². The molecule has 0 radical (unpaired) electrons. The van der Waals surface area contributed by atoms with Crippen LogP contribution in [0.15, 0.2) is 34.9 Å². The van der Waals surface area contributed by atoms with Crippen LogP contribution in [0.25, 0.3) is 0 Å². The number of carbonyl (C=O) groups is 1. The molecule has 4 nitrogen and oxygen atoms in total. The van der Waals surface area contributed by atoms with Gasteiger partial charge in [-0.25, -0.2) is 0 Å². The van der Waals surface area contributed by atoms with Gasteiger partial charge in [-0.2, -0.15) is 5.10 Å². The number of aryl methyl sites for hydroxylation is 1. The fourth-order valence-electron chi connectivity index (χ4n) is 1.47. The second-order valence-electron chi connectivity index (χ2n) is 3.75. The van der Waals surface area contributed by atoms with E-state index in [1.807, 2.05) is 31.2 Å². The Labute approximate surface area is 108 Å². The molecule has 0 unspecified atom stereocenters. The predicted molar refractivity (Wildman–Crippen MR) is 68.6 cm³/mol. The van der Waals surface area contributed by atoms with Crippen molar-refractivity contribution in [3.05, 3.63) is 51.8 Å². The van der Waals surface area contributed by atoms with Gasteiger partial charge in [0.1, 0.15) is 0 Å². The highest BCUT2D eigenvalue weighted by Crippen LogP contribution is 2.17. The lowest BCUT2D eigenvalue weighted by molar-refractivity contribution is 0.0949. The molecule has 0 fully saturated rings. The van der Waals surface area contributed by atoms with Crippen LogP contribution < -0.4 is 5.32 Å². The van der Waals surface area contributed by atoms with E-state index in [2.05, 4.69) is 31.4 Å². The molecule has 0 aliphatic carbocycles. The molecule has 1 amide bonds. The van der Waals surface area contributed by atoms with E-state index >= 15 is 0 Å². The molecule has 1 aromatic carbocycles. The van der Waals surface area contributed by atoms with E-state index in [1.54, 1.807) is 6.20 Å². The largest absolute Gasteiger partial charge is 0.346 e. The Morgan fingerprint density at radius 2 is 2.29 bits per heavy atom. The Morgan fingerprint density at radius 1 is 1.47 bits per heavy atom. The van der Waals surface area contributed by atoms with Crippen molar-refractivity contribution in [3.8, 4) is 0 Å². The normalized spacial score (nSPS) is 10.2. The summed E-state index contributed by atoms with van der Waals surface area (Å²) in [5, 5.41) is 9.44. The summed E-state index contributed by atoms with van der Waals surface area (Å²) in [6.07, 6.45) is 1.66. The molecule has 0 aliphatic rings. The van der Waals surface area contributed by atoms with Crippen LogP contribution in [0.1, 0.15) is 21.6 Å². The molecule has 0 saturated carbocycles. The van der Waals surface area contributed by atoms with Crippen LogP contribution >= 0.6 is 15.9 Å². The Balaban J connectivity index is 2.07. The first kappa shape index (κ1) is 11.9. The van der Waals surface area contributed by atoms with Crippen LogP contribution in [0.2, 0.25) is 0 Å². The number of carbonyl (C=O) groups excluding carboxylic acids is 1. The third-order valence-corrected chi connectivity index (χ3v) is 3.06. The van der Waals surface area contributed by atoms with Crippen molar-refractivity contribution in [1.29, 1.82) is 0 Å². The third kappa shape index (κ3) is 2.94. The zero-order chi connectivity index (χ0) is 12.3. The fourth-order valence-corrected chi connectivity index (χ4v) is 1.89. The first-order valence-corrected chi connectivity index (χ1v) is 5.99. The summed E-state index contributed by atoms with van der Waals surface area (Å²) < 4.78 is 0.796. The number of nitrogens with one attached hydrogen (secondary N) is 2. The monoisotopic (exact) mass is 293 g/mol. The van der Waals surface area contributed by atoms with Gasteiger partial charge in [0.25, 0.3) is 5.91 Å². The summed E-state index contributed by atoms with van der Waals surface area (Å²) in [7, 11) is 0. The first-order chi connectivity index (χ1) is 8.16. The number of hydrogen-bond acceptors (Lipinski definition) is 2. The molecule has 1 aromatic heterocycles. The van der Waals surface area contributed by atoms with Crippen molar-refractivity contribution in [2.45, 2.75) is 13.5 Å². The van der Waals surface area contributed by atoms with Crippen molar-refractivity contribution in [3.63, 3.8) is 0 Å². The Morgan fingerprint density at radius 3 is 3.00 bits per heavy atom. The molecule has 0 saturated heterocycles. The summed E-state index contributed by atoms with van der Waals surface area (Å²) >= 11 is 3.37. The molecule has 2 aromatic rings. The maximum Gasteiger partial charge on any atom is 0.252 e. The zero-order valence-electron chi connectivity index (χ0n) is 9.33. The molecular weight excluding hydrogens is 282 g/mol. The van der Waals surface area contributed by atoms with E-state index in [0.29, 0.717) is 12.1 Å². The molecule has 2 N–H and O–H groups in total. The SMILES string of the molecule is Cc1ccc(Br)c(C(=O)NCc2ccn[nH]2)c1. The van der Waals surface area contributed by atoms with Gasteiger partial charge in [0.15, 0.2) is 0 Å². The Hall–Kier alpha value is -1.62. The van der Waals surface area contributed by atoms with E-state index in [9.17, 15) is 4.79 Å². The molecule has 2 rings (SSSR count). The predicted octanol–water partition coefficient (Wildman–Crippen LogP) is 2.41. The van der Waals surface area contributed by atoms with Gasteiger partial charge in [0.05, 0.1) is 17.8 Å². The Kier molecular flexibility index (Phi) is 3.58. The van der Waals surface area contributed by atoms with Gasteiger partial charge >= 0.3 is 0 Å². The lowest BCUT2D eigenvalue weighted by Crippen LogP contribution is -2.23. The minimum atomic E-state index is -0.102. The van der Waals surface area contributed by atoms with Gasteiger partial charge in [-0.05, 0) is 41.1 Å². The number of benzene rings is 1. The van der Waals surface area contributed by atoms with Gasteiger partial charge in [0.2, 0.25) is 0 Å². The average molecular weight is 294 g/mol. The van der Waals surface area contributed by atoms with Gasteiger partial charge in [-0.3, -0.25) is 9.89 Å². The number of hydrogen-bond donors (Lipinski definition) is 2. The van der Waals surface area contributed by atoms with Gasteiger partial charge in [-0.1, -0.05) is 11.6 Å². The molecular formula is C12H12BrN3O. The highest BCUT2D eigenvalue weighted by atomic mass is 79.9. The van der Waals surface area contributed by atoms with E-state index in [-0.39, 0.29) is 5.91 Å². The van der Waals surface area contributed by atoms with Crippen LogP contribution in [0.5, 0.6) is 0 Å². The molecule has 88 valence electrons. The number of H-pyrrole nitrogens is 1. The van der Waals surface area contributed by atoms with Crippen LogP contribution in [0, 0.1) is 6.92 Å². The van der Waals surface area contributed by atoms with Crippen molar-refractivity contribution in [1.82, 2.24) is 15.5 Å². The number of nitrogens with zero attached hydrogens (tertiary/aromatic N) is 1. The maximum absolute atomic E-state index is 11.9. The second kappa shape index (κ2) is 5.14. The quantitative estimate of drug-likeness (QED) is 0.913. The number of aromatic amines is 1. The highest BCUT2D eigenvalue weighted by molar-refractivity contribution is 9.10. The van der Waals surface area contributed by atoms with Crippen LogP contribution in [0.4, 0.5) is 0 Å². The smallest absolute Gasteiger partial charge is 0.252 e. The number of aromatic nitrogens is 2. The summed E-state index contributed by atoms with van der Waals surface area (Å²) in [4.78, 5) is 11.9. The maximum atomic E-state index is 11.9. The standard InChI is InChI=1S/C12H12BrN3O/c1-8-2-3-11(13)10(6-8)12(17)14-7-9-4-5-15-16-9/h2-6H,7H2,1H3,(H,14,17)(H,15,16). The summed E-state index contributed by atoms with van der Waals surface area (Å²) in [6.45, 7) is 2.40. The zero-order valence-corrected chi connectivity index (χ0v) is 10.9. The van der Waals surface area contributed by atoms with Crippen LogP contribution in [-0.2, 0) is 6.54 Å². The summed E-state index contributed by atoms with van der Waals surface area (Å²) in [5.74, 6) is -0.102. The van der Waals surface area contributed by atoms with E-state index in [4.69, 9.17) is 0 Å². The topological polar surface area (TPSA) is 57.8 Å². The third-order valence-electron chi connectivity index (χ3n) is 2.36. The first-order valence-electron chi connectivity index (χ1n) is 5.19. The number of amides is 1. The van der Waals surface area contributed by atoms with Gasteiger partial charge in [-0.15, -0.1) is 0 Å². The van der Waals surface area contributed by atoms with Crippen LogP contribution in [0.3, 0.4) is 0 Å². The van der Waals surface area contributed by atoms with Gasteiger partial charge < -0.3 is 5.32 Å². The molecule has 0 atom stereocenters. The fraction of sp³-hybridized carbons (Fsp3) is 0.167. The molecule has 5 heteroatoms. The summed E-state index contributed by atoms with van der Waals surface area (Å²) in [6, 6.07) is 7.51. The molecule has 0 aliphatic heterocycles. The molecule has 1 heterocycles. The second-order valence-corrected chi connectivity index (χ2v) is 4.60. The highest BCUT2D eigenvalue weighted by Gasteiger charge is 2.09. The van der Waals surface area contributed by atoms with Gasteiger partial charge in [0, 0.05) is 10.7 Å². The minimum absolute atomic E-state index is 0.102. The van der Waals surface area contributed by atoms with Crippen LogP contribution in [-0.4, -0.2) is 16.1 Å². The number of halogens is 1.